The summed E-state index contributed by atoms with van der Waals surface area (Å²) in [6, 6.07) is 0. The Hall–Kier alpha value is -1.03. The monoisotopic (exact) mass is 666 g/mol. The number of rotatable bonds is 34. The number of hydrogen-bond donors (Lipinski definition) is 3. The van der Waals surface area contributed by atoms with Crippen LogP contribution in [-0.4, -0.2) is 65.7 Å². The maximum atomic E-state index is 12.0. The van der Waals surface area contributed by atoms with Crippen molar-refractivity contribution in [3.63, 3.8) is 0 Å². The third kappa shape index (κ3) is 32.7. The van der Waals surface area contributed by atoms with E-state index in [1.165, 1.54) is 103 Å². The van der Waals surface area contributed by atoms with E-state index in [0.29, 0.717) is 0 Å². The molecular formula is C34H67O10P. The summed E-state index contributed by atoms with van der Waals surface area (Å²) in [4.78, 5) is 33.5. The molecule has 0 radical (unpaired) electrons. The summed E-state index contributed by atoms with van der Waals surface area (Å²) in [6.07, 6.45) is 23.8. The van der Waals surface area contributed by atoms with Crippen LogP contribution in [0.1, 0.15) is 168 Å². The molecule has 0 amide bonds. The van der Waals surface area contributed by atoms with E-state index in [-0.39, 0.29) is 26.1 Å². The molecule has 0 aliphatic heterocycles. The van der Waals surface area contributed by atoms with Crippen LogP contribution in [0.15, 0.2) is 0 Å². The van der Waals surface area contributed by atoms with Crippen molar-refractivity contribution in [2.75, 3.05) is 26.4 Å². The van der Waals surface area contributed by atoms with Crippen LogP contribution in [0.5, 0.6) is 0 Å². The molecule has 0 aromatic carbocycles. The highest BCUT2D eigenvalue weighted by molar-refractivity contribution is 7.47. The Kier molecular flexibility index (Phi) is 30.8. The summed E-state index contributed by atoms with van der Waals surface area (Å²) in [7, 11) is -4.58. The molecule has 0 saturated heterocycles. The van der Waals surface area contributed by atoms with Gasteiger partial charge in [0.05, 0.1) is 13.2 Å². The molecule has 0 fully saturated rings. The number of aliphatic hydroxyl groups excluding tert-OH is 2. The molecule has 45 heavy (non-hydrogen) atoms. The van der Waals surface area contributed by atoms with Crippen molar-refractivity contribution >= 4 is 19.8 Å². The molecule has 0 heterocycles. The summed E-state index contributed by atoms with van der Waals surface area (Å²) < 4.78 is 31.5. The van der Waals surface area contributed by atoms with E-state index in [2.05, 4.69) is 13.8 Å². The third-order valence-corrected chi connectivity index (χ3v) is 8.65. The molecule has 3 N–H and O–H groups in total. The Labute approximate surface area is 273 Å². The minimum atomic E-state index is -4.58. The fourth-order valence-electron chi connectivity index (χ4n) is 4.88. The highest BCUT2D eigenvalue weighted by Crippen LogP contribution is 2.43. The lowest BCUT2D eigenvalue weighted by Crippen LogP contribution is -2.25. The van der Waals surface area contributed by atoms with Crippen LogP contribution in [0.3, 0.4) is 0 Å². The van der Waals surface area contributed by atoms with E-state index in [0.717, 1.165) is 38.5 Å². The molecule has 0 bridgehead atoms. The van der Waals surface area contributed by atoms with Crippen LogP contribution in [0.2, 0.25) is 0 Å². The second-order valence-electron chi connectivity index (χ2n) is 12.3. The Bertz CT molecular complexity index is 680. The Balaban J connectivity index is 3.73. The van der Waals surface area contributed by atoms with Gasteiger partial charge in [0.2, 0.25) is 0 Å². The summed E-state index contributed by atoms with van der Waals surface area (Å²) in [5.41, 5.74) is 0. The topological polar surface area (TPSA) is 149 Å². The highest BCUT2D eigenvalue weighted by Gasteiger charge is 2.25. The van der Waals surface area contributed by atoms with Crippen molar-refractivity contribution in [3.05, 3.63) is 0 Å². The molecule has 268 valence electrons. The maximum absolute atomic E-state index is 12.0. The predicted molar refractivity (Wildman–Crippen MR) is 178 cm³/mol. The number of hydrogen-bond acceptors (Lipinski definition) is 9. The van der Waals surface area contributed by atoms with Crippen LogP contribution in [0, 0.1) is 0 Å². The van der Waals surface area contributed by atoms with E-state index in [1.54, 1.807) is 0 Å². The van der Waals surface area contributed by atoms with Gasteiger partial charge >= 0.3 is 19.8 Å². The van der Waals surface area contributed by atoms with Gasteiger partial charge in [-0.3, -0.25) is 18.6 Å². The van der Waals surface area contributed by atoms with E-state index >= 15 is 0 Å². The number of carbonyl (C=O) groups excluding carboxylic acids is 2. The van der Waals surface area contributed by atoms with Gasteiger partial charge < -0.3 is 24.6 Å². The quantitative estimate of drug-likeness (QED) is 0.0348. The molecular weight excluding hydrogens is 599 g/mol. The lowest BCUT2D eigenvalue weighted by atomic mass is 10.1. The van der Waals surface area contributed by atoms with Gasteiger partial charge in [0.25, 0.3) is 0 Å². The highest BCUT2D eigenvalue weighted by atomic mass is 31.2. The zero-order valence-electron chi connectivity index (χ0n) is 28.6. The predicted octanol–water partition coefficient (Wildman–Crippen LogP) is 8.33. The van der Waals surface area contributed by atoms with Crippen LogP contribution in [-0.2, 0) is 32.7 Å². The Morgan fingerprint density at radius 1 is 0.489 bits per heavy atom. The van der Waals surface area contributed by atoms with Gasteiger partial charge in [0, 0.05) is 12.8 Å². The van der Waals surface area contributed by atoms with Gasteiger partial charge in [-0.05, 0) is 12.8 Å². The summed E-state index contributed by atoms with van der Waals surface area (Å²) >= 11 is 0. The number of phosphoric ester groups is 1. The van der Waals surface area contributed by atoms with E-state index in [1.807, 2.05) is 0 Å². The minimum absolute atomic E-state index is 0.258. The van der Waals surface area contributed by atoms with E-state index < -0.39 is 45.2 Å². The molecule has 3 atom stereocenters. The van der Waals surface area contributed by atoms with E-state index in [4.69, 9.17) is 18.5 Å². The SMILES string of the molecule is CCCCCCCCCCCCCC(=O)OC[C@@H](O)COP(=O)(O)OC[C@@H](O)COC(=O)CCCCCCCCCCCCC. The number of esters is 2. The van der Waals surface area contributed by atoms with Crippen molar-refractivity contribution in [1.29, 1.82) is 0 Å². The lowest BCUT2D eigenvalue weighted by molar-refractivity contribution is -0.147. The Morgan fingerprint density at radius 3 is 1.04 bits per heavy atom. The van der Waals surface area contributed by atoms with Crippen molar-refractivity contribution in [2.24, 2.45) is 0 Å². The van der Waals surface area contributed by atoms with Crippen molar-refractivity contribution in [2.45, 2.75) is 180 Å². The molecule has 0 rings (SSSR count). The molecule has 0 aliphatic carbocycles. The second kappa shape index (κ2) is 31.6. The van der Waals surface area contributed by atoms with E-state index in [9.17, 15) is 29.3 Å². The first-order valence-corrected chi connectivity index (χ1v) is 19.5. The van der Waals surface area contributed by atoms with Crippen molar-refractivity contribution < 1.29 is 47.8 Å². The zero-order valence-corrected chi connectivity index (χ0v) is 29.5. The fourth-order valence-corrected chi connectivity index (χ4v) is 5.68. The van der Waals surface area contributed by atoms with Crippen molar-refractivity contribution in [1.82, 2.24) is 0 Å². The zero-order chi connectivity index (χ0) is 33.4. The minimum Gasteiger partial charge on any atom is -0.463 e. The van der Waals surface area contributed by atoms with Gasteiger partial charge in [-0.2, -0.15) is 0 Å². The third-order valence-electron chi connectivity index (χ3n) is 7.70. The van der Waals surface area contributed by atoms with Crippen LogP contribution in [0.25, 0.3) is 0 Å². The van der Waals surface area contributed by atoms with Crippen LogP contribution < -0.4 is 0 Å². The first kappa shape index (κ1) is 44.0. The summed E-state index contributed by atoms with van der Waals surface area (Å²) in [5, 5.41) is 19.9. The average Bonchev–Trinajstić information content (AvgIpc) is 3.02. The lowest BCUT2D eigenvalue weighted by Gasteiger charge is -2.17. The molecule has 0 saturated carbocycles. The molecule has 10 nitrogen and oxygen atoms in total. The number of carbonyl (C=O) groups is 2. The molecule has 0 aliphatic rings. The van der Waals surface area contributed by atoms with Gasteiger partial charge in [-0.15, -0.1) is 0 Å². The molecule has 11 heteroatoms. The van der Waals surface area contributed by atoms with Crippen LogP contribution >= 0.6 is 7.82 Å². The smallest absolute Gasteiger partial charge is 0.463 e. The number of aliphatic hydroxyl groups is 2. The fraction of sp³-hybridized carbons (Fsp3) is 0.941. The molecule has 0 aromatic rings. The van der Waals surface area contributed by atoms with Gasteiger partial charge in [0.15, 0.2) is 0 Å². The first-order chi connectivity index (χ1) is 21.7. The van der Waals surface area contributed by atoms with Gasteiger partial charge in [-0.25, -0.2) is 4.57 Å². The normalized spacial score (nSPS) is 14.2. The standard InChI is InChI=1S/C34H67O10P/c1-3-5-7-9-11-13-15-17-19-21-23-25-33(37)41-27-31(35)29-43-45(39,40)44-30-32(36)28-42-34(38)26-24-22-20-18-16-14-12-10-8-6-4-2/h31-32,35-36H,3-30H2,1-2H3,(H,39,40)/t31-,32+. The summed E-state index contributed by atoms with van der Waals surface area (Å²) in [6.45, 7) is 2.52. The number of phosphoric acid groups is 1. The van der Waals surface area contributed by atoms with Crippen LogP contribution in [0.4, 0.5) is 0 Å². The molecule has 0 spiro atoms. The largest absolute Gasteiger partial charge is 0.472 e. The average molecular weight is 667 g/mol. The van der Waals surface area contributed by atoms with Gasteiger partial charge in [0.1, 0.15) is 25.4 Å². The Morgan fingerprint density at radius 2 is 0.756 bits per heavy atom. The summed E-state index contributed by atoms with van der Waals surface area (Å²) in [5.74, 6) is -0.871. The first-order valence-electron chi connectivity index (χ1n) is 18.0. The second-order valence-corrected chi connectivity index (χ2v) is 13.8. The number of ether oxygens (including phenoxy) is 2. The maximum Gasteiger partial charge on any atom is 0.472 e. The number of unbranched alkanes of at least 4 members (excludes halogenated alkanes) is 20. The molecule has 1 unspecified atom stereocenters. The molecule has 0 aromatic heterocycles. The van der Waals surface area contributed by atoms with Gasteiger partial charge in [-0.1, -0.05) is 142 Å². The van der Waals surface area contributed by atoms with Crippen molar-refractivity contribution in [3.8, 4) is 0 Å².